The Kier molecular flexibility index (Phi) is 5.58. The van der Waals surface area contributed by atoms with Crippen LogP contribution in [-0.2, 0) is 14.8 Å². The Morgan fingerprint density at radius 1 is 1.24 bits per heavy atom. The normalized spacial score (nSPS) is 15.4. The molecule has 21 heavy (non-hydrogen) atoms. The highest BCUT2D eigenvalue weighted by Gasteiger charge is 2.37. The molecule has 118 valence electrons. The molecule has 0 saturated heterocycles. The van der Waals surface area contributed by atoms with Gasteiger partial charge in [-0.15, -0.1) is 0 Å². The van der Waals surface area contributed by atoms with Gasteiger partial charge < -0.3 is 15.2 Å². The quantitative estimate of drug-likeness (QED) is 0.730. The molecule has 0 aromatic heterocycles. The smallest absolute Gasteiger partial charge is 0.243 e. The minimum absolute atomic E-state index is 0.110. The Morgan fingerprint density at radius 2 is 1.90 bits per heavy atom. The van der Waals surface area contributed by atoms with Gasteiger partial charge in [0.1, 0.15) is 12.4 Å². The zero-order valence-electron chi connectivity index (χ0n) is 12.2. The van der Waals surface area contributed by atoms with E-state index in [-0.39, 0.29) is 10.9 Å². The van der Waals surface area contributed by atoms with Crippen molar-refractivity contribution in [2.24, 2.45) is 5.73 Å². The van der Waals surface area contributed by atoms with E-state index in [0.29, 0.717) is 32.1 Å². The fraction of sp³-hybridized carbons (Fsp3) is 0.571. The number of ether oxygens (including phenoxy) is 2. The number of sulfonamides is 1. The second-order valence-corrected chi connectivity index (χ2v) is 6.84. The summed E-state index contributed by atoms with van der Waals surface area (Å²) < 4.78 is 37.2. The molecule has 0 atom stereocenters. The van der Waals surface area contributed by atoms with Crippen LogP contribution in [0.15, 0.2) is 29.2 Å². The maximum atomic E-state index is 12.7. The van der Waals surface area contributed by atoms with Gasteiger partial charge in [0.25, 0.3) is 0 Å². The monoisotopic (exact) mass is 314 g/mol. The third-order valence-electron chi connectivity index (χ3n) is 3.29. The third kappa shape index (κ3) is 4.16. The van der Waals surface area contributed by atoms with Crippen molar-refractivity contribution in [2.45, 2.75) is 23.8 Å². The molecular formula is C14H22N2O4S. The first-order chi connectivity index (χ1) is 10.1. The molecule has 0 heterocycles. The average Bonchev–Trinajstić information content (AvgIpc) is 3.30. The molecule has 1 aliphatic carbocycles. The molecule has 0 aliphatic heterocycles. The van der Waals surface area contributed by atoms with Gasteiger partial charge in [0.2, 0.25) is 10.0 Å². The summed E-state index contributed by atoms with van der Waals surface area (Å²) in [7, 11) is -1.90. The first kappa shape index (κ1) is 16.2. The van der Waals surface area contributed by atoms with Gasteiger partial charge in [0.05, 0.1) is 11.5 Å². The van der Waals surface area contributed by atoms with Crippen molar-refractivity contribution in [2.75, 3.05) is 33.4 Å². The first-order valence-electron chi connectivity index (χ1n) is 7.03. The molecule has 0 radical (unpaired) electrons. The largest absolute Gasteiger partial charge is 0.492 e. The van der Waals surface area contributed by atoms with Gasteiger partial charge in [-0.3, -0.25) is 0 Å². The van der Waals surface area contributed by atoms with E-state index in [2.05, 4.69) is 0 Å². The highest BCUT2D eigenvalue weighted by Crippen LogP contribution is 2.32. The summed E-state index contributed by atoms with van der Waals surface area (Å²) in [4.78, 5) is 0.283. The molecule has 6 nitrogen and oxygen atoms in total. The van der Waals surface area contributed by atoms with Gasteiger partial charge in [-0.25, -0.2) is 8.42 Å². The van der Waals surface area contributed by atoms with Crippen LogP contribution in [0.25, 0.3) is 0 Å². The number of nitrogens with zero attached hydrogens (tertiary/aromatic N) is 1. The van der Waals surface area contributed by atoms with Crippen molar-refractivity contribution < 1.29 is 17.9 Å². The van der Waals surface area contributed by atoms with E-state index in [1.165, 1.54) is 4.31 Å². The predicted molar refractivity (Wildman–Crippen MR) is 79.8 cm³/mol. The van der Waals surface area contributed by atoms with E-state index in [1.807, 2.05) is 0 Å². The summed E-state index contributed by atoms with van der Waals surface area (Å²) in [5, 5.41) is 0. The molecule has 7 heteroatoms. The summed E-state index contributed by atoms with van der Waals surface area (Å²) in [5.41, 5.74) is 5.36. The van der Waals surface area contributed by atoms with E-state index in [0.717, 1.165) is 12.8 Å². The van der Waals surface area contributed by atoms with Crippen LogP contribution in [0.3, 0.4) is 0 Å². The fourth-order valence-electron chi connectivity index (χ4n) is 2.06. The minimum Gasteiger partial charge on any atom is -0.492 e. The van der Waals surface area contributed by atoms with Crippen LogP contribution in [0.2, 0.25) is 0 Å². The summed E-state index contributed by atoms with van der Waals surface area (Å²) in [5.74, 6) is 0.620. The van der Waals surface area contributed by atoms with Crippen molar-refractivity contribution in [3.8, 4) is 5.75 Å². The second kappa shape index (κ2) is 7.22. The van der Waals surface area contributed by atoms with E-state index in [9.17, 15) is 8.42 Å². The lowest BCUT2D eigenvalue weighted by atomic mass is 10.3. The fourth-order valence-corrected chi connectivity index (χ4v) is 3.73. The van der Waals surface area contributed by atoms with Crippen LogP contribution in [0.4, 0.5) is 0 Å². The maximum Gasteiger partial charge on any atom is 0.243 e. The molecular weight excluding hydrogens is 292 g/mol. The summed E-state index contributed by atoms with van der Waals surface area (Å²) in [6, 6.07) is 6.57. The summed E-state index contributed by atoms with van der Waals surface area (Å²) >= 11 is 0. The zero-order chi connectivity index (χ0) is 15.3. The van der Waals surface area contributed by atoms with E-state index >= 15 is 0 Å². The SMILES string of the molecule is COCCN(C1CC1)S(=O)(=O)c1ccc(OCCN)cc1. The Labute approximate surface area is 125 Å². The highest BCUT2D eigenvalue weighted by molar-refractivity contribution is 7.89. The number of rotatable bonds is 9. The molecule has 0 unspecified atom stereocenters. The molecule has 0 amide bonds. The maximum absolute atomic E-state index is 12.7. The molecule has 1 saturated carbocycles. The first-order valence-corrected chi connectivity index (χ1v) is 8.47. The molecule has 1 aromatic rings. The van der Waals surface area contributed by atoms with Gasteiger partial charge in [0, 0.05) is 26.2 Å². The van der Waals surface area contributed by atoms with Gasteiger partial charge in [-0.2, -0.15) is 4.31 Å². The van der Waals surface area contributed by atoms with Crippen molar-refractivity contribution in [3.63, 3.8) is 0 Å². The van der Waals surface area contributed by atoms with Gasteiger partial charge in [-0.05, 0) is 37.1 Å². The second-order valence-electron chi connectivity index (χ2n) is 4.95. The molecule has 2 rings (SSSR count). The third-order valence-corrected chi connectivity index (χ3v) is 5.25. The number of benzene rings is 1. The lowest BCUT2D eigenvalue weighted by Gasteiger charge is -2.21. The van der Waals surface area contributed by atoms with Crippen LogP contribution >= 0.6 is 0 Å². The van der Waals surface area contributed by atoms with Crippen molar-refractivity contribution >= 4 is 10.0 Å². The van der Waals surface area contributed by atoms with Gasteiger partial charge in [0.15, 0.2) is 0 Å². The van der Waals surface area contributed by atoms with Crippen LogP contribution < -0.4 is 10.5 Å². The van der Waals surface area contributed by atoms with Crippen LogP contribution in [-0.4, -0.2) is 52.2 Å². The average molecular weight is 314 g/mol. The Hall–Kier alpha value is -1.15. The minimum atomic E-state index is -3.47. The van der Waals surface area contributed by atoms with Crippen molar-refractivity contribution in [1.29, 1.82) is 0 Å². The van der Waals surface area contributed by atoms with E-state index in [4.69, 9.17) is 15.2 Å². The number of hydrogen-bond donors (Lipinski definition) is 1. The summed E-state index contributed by atoms with van der Waals surface area (Å²) in [6.07, 6.45) is 1.83. The zero-order valence-corrected chi connectivity index (χ0v) is 13.0. The number of hydrogen-bond acceptors (Lipinski definition) is 5. The topological polar surface area (TPSA) is 81.9 Å². The Bertz CT molecular complexity index is 541. The number of nitrogens with two attached hydrogens (primary N) is 1. The standard InChI is InChI=1S/C14H22N2O4S/c1-19-11-9-16(12-2-3-12)21(17,18)14-6-4-13(5-7-14)20-10-8-15/h4-7,12H,2-3,8-11,15H2,1H3. The Morgan fingerprint density at radius 3 is 2.43 bits per heavy atom. The van der Waals surface area contributed by atoms with Crippen molar-refractivity contribution in [1.82, 2.24) is 4.31 Å². The molecule has 0 spiro atoms. The van der Waals surface area contributed by atoms with Gasteiger partial charge in [-0.1, -0.05) is 0 Å². The Balaban J connectivity index is 2.13. The molecule has 1 aliphatic rings. The molecule has 2 N–H and O–H groups in total. The molecule has 1 fully saturated rings. The van der Waals surface area contributed by atoms with Crippen LogP contribution in [0.5, 0.6) is 5.75 Å². The molecule has 1 aromatic carbocycles. The van der Waals surface area contributed by atoms with Crippen LogP contribution in [0, 0.1) is 0 Å². The highest BCUT2D eigenvalue weighted by atomic mass is 32.2. The predicted octanol–water partition coefficient (Wildman–Crippen LogP) is 0.824. The summed E-state index contributed by atoms with van der Waals surface area (Å²) in [6.45, 7) is 1.61. The van der Waals surface area contributed by atoms with Crippen LogP contribution in [0.1, 0.15) is 12.8 Å². The lowest BCUT2D eigenvalue weighted by Crippen LogP contribution is -2.35. The van der Waals surface area contributed by atoms with E-state index in [1.54, 1.807) is 31.4 Å². The van der Waals surface area contributed by atoms with Gasteiger partial charge >= 0.3 is 0 Å². The molecule has 0 bridgehead atoms. The number of methoxy groups -OCH3 is 1. The van der Waals surface area contributed by atoms with E-state index < -0.39 is 10.0 Å². The van der Waals surface area contributed by atoms with Crippen molar-refractivity contribution in [3.05, 3.63) is 24.3 Å². The lowest BCUT2D eigenvalue weighted by molar-refractivity contribution is 0.177.